The van der Waals surface area contributed by atoms with Crippen LogP contribution in [0.25, 0.3) is 0 Å². The summed E-state index contributed by atoms with van der Waals surface area (Å²) in [5.74, 6) is 1.24. The molecule has 2 aromatic rings. The first kappa shape index (κ1) is 25.3. The molecule has 2 N–H and O–H groups in total. The van der Waals surface area contributed by atoms with Crippen molar-refractivity contribution >= 4 is 17.7 Å². The minimum Gasteiger partial charge on any atom is -0.367 e. The zero-order chi connectivity index (χ0) is 24.7. The van der Waals surface area contributed by atoms with Gasteiger partial charge in [0.25, 0.3) is 5.91 Å². The molecule has 0 unspecified atom stereocenters. The van der Waals surface area contributed by atoms with Crippen LogP contribution in [0.1, 0.15) is 44.6 Å². The minimum atomic E-state index is -1.04. The molecule has 0 saturated carbocycles. The summed E-state index contributed by atoms with van der Waals surface area (Å²) in [6.45, 7) is 6.65. The first-order chi connectivity index (χ1) is 17.0. The number of hydrogen-bond donors (Lipinski definition) is 1. The molecule has 2 fully saturated rings. The topological polar surface area (TPSA) is 104 Å². The highest BCUT2D eigenvalue weighted by molar-refractivity contribution is 5.83. The zero-order valence-corrected chi connectivity index (χ0v) is 21.0. The summed E-state index contributed by atoms with van der Waals surface area (Å²) in [5, 5.41) is 3.83. The van der Waals surface area contributed by atoms with Gasteiger partial charge in [0.1, 0.15) is 5.82 Å². The number of pyridine rings is 1. The van der Waals surface area contributed by atoms with Gasteiger partial charge in [-0.3, -0.25) is 9.63 Å². The van der Waals surface area contributed by atoms with Crippen LogP contribution in [-0.2, 0) is 16.1 Å². The second-order valence-corrected chi connectivity index (χ2v) is 9.37. The molecule has 2 aromatic heterocycles. The van der Waals surface area contributed by atoms with Crippen molar-refractivity contribution in [1.29, 1.82) is 0 Å². The molecule has 0 spiro atoms. The Balaban J connectivity index is 1.28. The van der Waals surface area contributed by atoms with Crippen molar-refractivity contribution < 1.29 is 9.63 Å². The van der Waals surface area contributed by atoms with Crippen LogP contribution in [0.2, 0.25) is 0 Å². The van der Waals surface area contributed by atoms with E-state index >= 15 is 0 Å². The second-order valence-electron chi connectivity index (χ2n) is 9.37. The number of anilines is 2. The number of carbonyl (C=O) groups is 1. The number of nitrogens with zero attached hydrogens (tertiary/aromatic N) is 7. The van der Waals surface area contributed by atoms with E-state index in [9.17, 15) is 4.79 Å². The van der Waals surface area contributed by atoms with Crippen LogP contribution < -0.4 is 15.5 Å². The van der Waals surface area contributed by atoms with Gasteiger partial charge < -0.3 is 15.5 Å². The monoisotopic (exact) mass is 482 g/mol. The van der Waals surface area contributed by atoms with Crippen LogP contribution in [0, 0.1) is 0 Å². The highest BCUT2D eigenvalue weighted by Gasteiger charge is 2.44. The van der Waals surface area contributed by atoms with E-state index in [0.29, 0.717) is 31.9 Å². The van der Waals surface area contributed by atoms with Crippen molar-refractivity contribution in [3.05, 3.63) is 42.4 Å². The fourth-order valence-corrected chi connectivity index (χ4v) is 4.75. The minimum absolute atomic E-state index is 0.431. The van der Waals surface area contributed by atoms with Gasteiger partial charge in [0, 0.05) is 77.7 Å². The number of carbonyl (C=O) groups excluding carboxylic acids is 1. The Labute approximate surface area is 208 Å². The lowest BCUT2D eigenvalue weighted by molar-refractivity contribution is -0.321. The van der Waals surface area contributed by atoms with Crippen molar-refractivity contribution in [2.24, 2.45) is 5.73 Å². The van der Waals surface area contributed by atoms with Crippen molar-refractivity contribution in [1.82, 2.24) is 25.1 Å². The summed E-state index contributed by atoms with van der Waals surface area (Å²) >= 11 is 0. The summed E-state index contributed by atoms with van der Waals surface area (Å²) < 4.78 is 0. The summed E-state index contributed by atoms with van der Waals surface area (Å²) in [6.07, 6.45) is 11.2. The number of piperazine rings is 1. The maximum atomic E-state index is 12.5. The summed E-state index contributed by atoms with van der Waals surface area (Å²) in [7, 11) is 1.86. The van der Waals surface area contributed by atoms with Crippen LogP contribution >= 0.6 is 0 Å². The normalized spacial score (nSPS) is 18.7. The molecule has 10 heteroatoms. The molecule has 0 aliphatic carbocycles. The van der Waals surface area contributed by atoms with E-state index in [4.69, 9.17) is 15.6 Å². The van der Waals surface area contributed by atoms with Gasteiger partial charge >= 0.3 is 0 Å². The summed E-state index contributed by atoms with van der Waals surface area (Å²) in [5.41, 5.74) is 6.10. The van der Waals surface area contributed by atoms with Crippen molar-refractivity contribution in [2.45, 2.75) is 51.0 Å². The van der Waals surface area contributed by atoms with E-state index in [-0.39, 0.29) is 0 Å². The Morgan fingerprint density at radius 1 is 1.03 bits per heavy atom. The lowest BCUT2D eigenvalue weighted by Gasteiger charge is -2.45. The van der Waals surface area contributed by atoms with Crippen molar-refractivity contribution in [3.63, 3.8) is 0 Å². The van der Waals surface area contributed by atoms with Gasteiger partial charge in [0.15, 0.2) is 5.60 Å². The molecular weight excluding hydrogens is 444 g/mol. The van der Waals surface area contributed by atoms with Crippen LogP contribution in [0.4, 0.5) is 11.8 Å². The first-order valence-electron chi connectivity index (χ1n) is 12.7. The van der Waals surface area contributed by atoms with E-state index in [0.717, 1.165) is 38.4 Å². The number of primary amides is 1. The quantitative estimate of drug-likeness (QED) is 0.402. The lowest BCUT2D eigenvalue weighted by atomic mass is 9.91. The van der Waals surface area contributed by atoms with Crippen molar-refractivity contribution in [2.75, 3.05) is 56.1 Å². The smallest absolute Gasteiger partial charge is 0.252 e. The standard InChI is InChI=1S/C25H38N8O2/c1-3-4-5-7-21-8-9-22(29-20-21)31-16-18-33(19-17-31)30(2)35-25(23(26)34)10-14-32(15-11-25)24-27-12-6-13-28-24/h6,8-9,12-13,20H,3-5,7,10-11,14-19H2,1-2H3,(H2,26,34). The van der Waals surface area contributed by atoms with Gasteiger partial charge in [-0.05, 0) is 30.5 Å². The number of hydroxylamine groups is 1. The highest BCUT2D eigenvalue weighted by Crippen LogP contribution is 2.29. The zero-order valence-electron chi connectivity index (χ0n) is 21.0. The predicted octanol–water partition coefficient (Wildman–Crippen LogP) is 2.03. The Morgan fingerprint density at radius 3 is 2.34 bits per heavy atom. The van der Waals surface area contributed by atoms with Crippen LogP contribution in [0.15, 0.2) is 36.8 Å². The molecular formula is C25H38N8O2. The Hall–Kier alpha value is -2.82. The largest absolute Gasteiger partial charge is 0.367 e. The maximum absolute atomic E-state index is 12.5. The maximum Gasteiger partial charge on any atom is 0.252 e. The molecule has 2 aliphatic heterocycles. The third-order valence-electron chi connectivity index (χ3n) is 7.02. The number of amides is 1. The first-order valence-corrected chi connectivity index (χ1v) is 12.7. The molecule has 2 aliphatic rings. The third kappa shape index (κ3) is 6.25. The molecule has 35 heavy (non-hydrogen) atoms. The molecule has 4 heterocycles. The van der Waals surface area contributed by atoms with Crippen LogP contribution in [0.5, 0.6) is 0 Å². The Bertz CT molecular complexity index is 926. The molecule has 190 valence electrons. The molecule has 0 atom stereocenters. The fourth-order valence-electron chi connectivity index (χ4n) is 4.75. The average molecular weight is 483 g/mol. The summed E-state index contributed by atoms with van der Waals surface area (Å²) in [6, 6.07) is 6.12. The van der Waals surface area contributed by atoms with E-state index in [1.54, 1.807) is 23.6 Å². The Morgan fingerprint density at radius 2 is 1.74 bits per heavy atom. The number of hydrogen-bond acceptors (Lipinski definition) is 9. The molecule has 10 nitrogen and oxygen atoms in total. The molecule has 4 rings (SSSR count). The predicted molar refractivity (Wildman–Crippen MR) is 136 cm³/mol. The van der Waals surface area contributed by atoms with E-state index in [1.165, 1.54) is 24.8 Å². The van der Waals surface area contributed by atoms with Gasteiger partial charge in [0.2, 0.25) is 5.95 Å². The third-order valence-corrected chi connectivity index (χ3v) is 7.02. The number of rotatable bonds is 10. The van der Waals surface area contributed by atoms with E-state index in [1.807, 2.05) is 13.2 Å². The molecule has 0 aromatic carbocycles. The molecule has 1 amide bonds. The molecule has 0 radical (unpaired) electrons. The van der Waals surface area contributed by atoms with Gasteiger partial charge in [-0.25, -0.2) is 20.0 Å². The summed E-state index contributed by atoms with van der Waals surface area (Å²) in [4.78, 5) is 36.4. The van der Waals surface area contributed by atoms with Gasteiger partial charge in [0.05, 0.1) is 0 Å². The number of aromatic nitrogens is 3. The van der Waals surface area contributed by atoms with Gasteiger partial charge in [-0.1, -0.05) is 25.8 Å². The number of aryl methyl sites for hydroxylation is 1. The van der Waals surface area contributed by atoms with E-state index in [2.05, 4.69) is 43.8 Å². The fraction of sp³-hybridized carbons (Fsp3) is 0.600. The van der Waals surface area contributed by atoms with E-state index < -0.39 is 11.5 Å². The Kier molecular flexibility index (Phi) is 8.48. The average Bonchev–Trinajstić information content (AvgIpc) is 2.90. The SMILES string of the molecule is CCCCCc1ccc(N2CCN(N(C)OC3(C(N)=O)CCN(c4ncccn4)CC3)CC2)nc1. The number of unbranched alkanes of at least 4 members (excludes halogenated alkanes) is 2. The van der Waals surface area contributed by atoms with Crippen molar-refractivity contribution in [3.8, 4) is 0 Å². The van der Waals surface area contributed by atoms with Crippen LogP contribution in [0.3, 0.4) is 0 Å². The molecule has 2 saturated heterocycles. The number of nitrogens with two attached hydrogens (primary N) is 1. The van der Waals surface area contributed by atoms with Gasteiger partial charge in [-0.15, -0.1) is 5.17 Å². The van der Waals surface area contributed by atoms with Crippen LogP contribution in [-0.4, -0.2) is 83.0 Å². The highest BCUT2D eigenvalue weighted by atomic mass is 16.7. The number of piperidine rings is 1. The van der Waals surface area contributed by atoms with Gasteiger partial charge in [-0.2, -0.15) is 0 Å². The lowest BCUT2D eigenvalue weighted by Crippen LogP contribution is -2.60. The molecule has 0 bridgehead atoms. The number of hydrazine groups is 1. The second kappa shape index (κ2) is 11.7.